The maximum Gasteiger partial charge on any atom is 0.0814 e. The van der Waals surface area contributed by atoms with Crippen molar-refractivity contribution in [1.82, 2.24) is 15.1 Å². The van der Waals surface area contributed by atoms with Gasteiger partial charge in [0, 0.05) is 6.04 Å². The lowest BCUT2D eigenvalue weighted by atomic mass is 9.83. The molecule has 2 rings (SSSR count). The molecule has 1 aromatic heterocycles. The van der Waals surface area contributed by atoms with E-state index in [0.29, 0.717) is 6.04 Å². The smallest absolute Gasteiger partial charge is 0.0814 e. The molecular weight excluding hydrogens is 258 g/mol. The highest BCUT2D eigenvalue weighted by molar-refractivity contribution is 6.31. The van der Waals surface area contributed by atoms with E-state index >= 15 is 0 Å². The molecule has 19 heavy (non-hydrogen) atoms. The Bertz CT molecular complexity index is 383. The van der Waals surface area contributed by atoms with Crippen LogP contribution in [0.4, 0.5) is 0 Å². The van der Waals surface area contributed by atoms with Crippen molar-refractivity contribution in [3.63, 3.8) is 0 Å². The van der Waals surface area contributed by atoms with Crippen molar-refractivity contribution in [2.75, 3.05) is 6.54 Å². The third-order valence-corrected chi connectivity index (χ3v) is 4.66. The van der Waals surface area contributed by atoms with Gasteiger partial charge < -0.3 is 5.32 Å². The zero-order valence-corrected chi connectivity index (χ0v) is 12.9. The fourth-order valence-corrected chi connectivity index (χ4v) is 3.18. The first-order valence-electron chi connectivity index (χ1n) is 7.63. The second-order valence-corrected chi connectivity index (χ2v) is 6.13. The lowest BCUT2D eigenvalue weighted by molar-refractivity contribution is 0.242. The zero-order valence-electron chi connectivity index (χ0n) is 12.2. The first-order valence-corrected chi connectivity index (χ1v) is 8.01. The van der Waals surface area contributed by atoms with Gasteiger partial charge in [-0.05, 0) is 38.6 Å². The Morgan fingerprint density at radius 3 is 2.74 bits per heavy atom. The molecule has 0 amide bonds. The summed E-state index contributed by atoms with van der Waals surface area (Å²) in [5.74, 6) is 0.794. The Morgan fingerprint density at radius 2 is 2.16 bits per heavy atom. The molecule has 0 bridgehead atoms. The van der Waals surface area contributed by atoms with E-state index in [2.05, 4.69) is 22.0 Å². The van der Waals surface area contributed by atoms with Crippen molar-refractivity contribution < 1.29 is 0 Å². The summed E-state index contributed by atoms with van der Waals surface area (Å²) in [5.41, 5.74) is 1.08. The molecule has 1 aliphatic carbocycles. The summed E-state index contributed by atoms with van der Waals surface area (Å²) in [5, 5.41) is 8.90. The fourth-order valence-electron chi connectivity index (χ4n) is 3.04. The van der Waals surface area contributed by atoms with Crippen LogP contribution in [0.2, 0.25) is 5.02 Å². The largest absolute Gasteiger partial charge is 0.312 e. The molecule has 108 valence electrons. The predicted molar refractivity (Wildman–Crippen MR) is 80.6 cm³/mol. The van der Waals surface area contributed by atoms with E-state index in [1.54, 1.807) is 6.20 Å². The third-order valence-electron chi connectivity index (χ3n) is 4.29. The van der Waals surface area contributed by atoms with Gasteiger partial charge >= 0.3 is 0 Å². The second-order valence-electron chi connectivity index (χ2n) is 5.72. The number of nitrogens with one attached hydrogen (secondary N) is 1. The number of nitrogens with zero attached hydrogens (tertiary/aromatic N) is 2. The van der Waals surface area contributed by atoms with Crippen LogP contribution >= 0.6 is 11.6 Å². The summed E-state index contributed by atoms with van der Waals surface area (Å²) in [6.07, 6.45) is 9.83. The Morgan fingerprint density at radius 1 is 1.42 bits per heavy atom. The minimum atomic E-state index is 0.537. The van der Waals surface area contributed by atoms with Crippen molar-refractivity contribution in [1.29, 1.82) is 0 Å². The lowest BCUT2D eigenvalue weighted by Crippen LogP contribution is -2.41. The predicted octanol–water partition coefficient (Wildman–Crippen LogP) is 3.79. The first kappa shape index (κ1) is 14.9. The summed E-state index contributed by atoms with van der Waals surface area (Å²) in [6.45, 7) is 6.31. The summed E-state index contributed by atoms with van der Waals surface area (Å²) >= 11 is 6.10. The van der Waals surface area contributed by atoms with Crippen molar-refractivity contribution in [2.24, 2.45) is 5.92 Å². The highest BCUT2D eigenvalue weighted by Gasteiger charge is 2.24. The molecule has 0 aliphatic heterocycles. The molecule has 1 aliphatic rings. The Labute approximate surface area is 121 Å². The van der Waals surface area contributed by atoms with Gasteiger partial charge in [-0.15, -0.1) is 0 Å². The van der Waals surface area contributed by atoms with Crippen LogP contribution in [0.5, 0.6) is 0 Å². The van der Waals surface area contributed by atoms with Gasteiger partial charge in [-0.2, -0.15) is 5.10 Å². The average molecular weight is 284 g/mol. The standard InChI is InChI=1S/C15H26ClN3/c1-3-9-17-15(13-7-5-4-6-8-13)11-19-12(2)14(16)10-18-19/h10,13,15,17H,3-9,11H2,1-2H3. The first-order chi connectivity index (χ1) is 9.22. The molecule has 3 nitrogen and oxygen atoms in total. The van der Waals surface area contributed by atoms with Gasteiger partial charge in [-0.1, -0.05) is 37.8 Å². The minimum Gasteiger partial charge on any atom is -0.312 e. The van der Waals surface area contributed by atoms with Gasteiger partial charge in [0.2, 0.25) is 0 Å². The fraction of sp³-hybridized carbons (Fsp3) is 0.800. The zero-order chi connectivity index (χ0) is 13.7. The number of rotatable bonds is 6. The summed E-state index contributed by atoms with van der Waals surface area (Å²) in [7, 11) is 0. The maximum atomic E-state index is 6.10. The SMILES string of the molecule is CCCNC(Cn1ncc(Cl)c1C)C1CCCCC1. The molecule has 0 saturated heterocycles. The van der Waals surface area contributed by atoms with Gasteiger partial charge in [-0.25, -0.2) is 0 Å². The summed E-state index contributed by atoms with van der Waals surface area (Å²) in [6, 6.07) is 0.537. The van der Waals surface area contributed by atoms with Crippen molar-refractivity contribution in [3.8, 4) is 0 Å². The van der Waals surface area contributed by atoms with Gasteiger partial charge in [-0.3, -0.25) is 4.68 Å². The molecule has 1 saturated carbocycles. The van der Waals surface area contributed by atoms with Crippen LogP contribution < -0.4 is 5.32 Å². The Kier molecular flexibility index (Phi) is 5.71. The van der Waals surface area contributed by atoms with E-state index in [0.717, 1.165) is 29.7 Å². The number of halogens is 1. The van der Waals surface area contributed by atoms with Crippen molar-refractivity contribution in [2.45, 2.75) is 65.0 Å². The highest BCUT2D eigenvalue weighted by atomic mass is 35.5. The quantitative estimate of drug-likeness (QED) is 0.861. The number of hydrogen-bond acceptors (Lipinski definition) is 2. The monoisotopic (exact) mass is 283 g/mol. The third kappa shape index (κ3) is 3.96. The molecule has 0 aromatic carbocycles. The molecular formula is C15H26ClN3. The summed E-state index contributed by atoms with van der Waals surface area (Å²) < 4.78 is 2.06. The normalized spacial score (nSPS) is 18.7. The van der Waals surface area contributed by atoms with Crippen LogP contribution in [0.3, 0.4) is 0 Å². The Hall–Kier alpha value is -0.540. The van der Waals surface area contributed by atoms with E-state index in [-0.39, 0.29) is 0 Å². The Balaban J connectivity index is 2.02. The molecule has 1 fully saturated rings. The number of hydrogen-bond donors (Lipinski definition) is 1. The second kappa shape index (κ2) is 7.30. The lowest BCUT2D eigenvalue weighted by Gasteiger charge is -2.31. The molecule has 0 spiro atoms. The van der Waals surface area contributed by atoms with Crippen LogP contribution in [0, 0.1) is 12.8 Å². The molecule has 1 aromatic rings. The maximum absolute atomic E-state index is 6.10. The highest BCUT2D eigenvalue weighted by Crippen LogP contribution is 2.27. The van der Waals surface area contributed by atoms with Crippen molar-refractivity contribution >= 4 is 11.6 Å². The van der Waals surface area contributed by atoms with E-state index in [4.69, 9.17) is 11.6 Å². The van der Waals surface area contributed by atoms with Crippen molar-refractivity contribution in [3.05, 3.63) is 16.9 Å². The van der Waals surface area contributed by atoms with Crippen LogP contribution in [-0.4, -0.2) is 22.4 Å². The van der Waals surface area contributed by atoms with Gasteiger partial charge in [0.25, 0.3) is 0 Å². The van der Waals surface area contributed by atoms with Crippen LogP contribution in [0.15, 0.2) is 6.20 Å². The molecule has 4 heteroatoms. The van der Waals surface area contributed by atoms with Crippen LogP contribution in [-0.2, 0) is 6.54 Å². The van der Waals surface area contributed by atoms with Gasteiger partial charge in [0.1, 0.15) is 0 Å². The molecule has 1 unspecified atom stereocenters. The van der Waals surface area contributed by atoms with Crippen LogP contribution in [0.1, 0.15) is 51.1 Å². The molecule has 0 radical (unpaired) electrons. The van der Waals surface area contributed by atoms with E-state index in [9.17, 15) is 0 Å². The molecule has 1 heterocycles. The van der Waals surface area contributed by atoms with E-state index in [1.165, 1.54) is 38.5 Å². The molecule has 1 atom stereocenters. The number of aromatic nitrogens is 2. The average Bonchev–Trinajstić information content (AvgIpc) is 2.76. The summed E-state index contributed by atoms with van der Waals surface area (Å²) in [4.78, 5) is 0. The molecule has 1 N–H and O–H groups in total. The topological polar surface area (TPSA) is 29.9 Å². The van der Waals surface area contributed by atoms with E-state index in [1.807, 2.05) is 6.92 Å². The van der Waals surface area contributed by atoms with Crippen LogP contribution in [0.25, 0.3) is 0 Å². The minimum absolute atomic E-state index is 0.537. The van der Waals surface area contributed by atoms with E-state index < -0.39 is 0 Å². The van der Waals surface area contributed by atoms with Gasteiger partial charge in [0.15, 0.2) is 0 Å². The van der Waals surface area contributed by atoms with Gasteiger partial charge in [0.05, 0.1) is 23.5 Å².